The van der Waals surface area contributed by atoms with Crippen molar-refractivity contribution in [3.05, 3.63) is 41.7 Å². The molecule has 1 N–H and O–H groups in total. The first-order valence-electron chi connectivity index (χ1n) is 10.2. The maximum atomic E-state index is 12.6. The van der Waals surface area contributed by atoms with Gasteiger partial charge in [0, 0.05) is 19.1 Å². The quantitative estimate of drug-likeness (QED) is 0.805. The lowest BCUT2D eigenvalue weighted by atomic mass is 9.92. The molecule has 1 aliphatic carbocycles. The van der Waals surface area contributed by atoms with Gasteiger partial charge in [-0.05, 0) is 57.6 Å². The van der Waals surface area contributed by atoms with Gasteiger partial charge >= 0.3 is 0 Å². The number of carbonyl (C=O) groups is 1. The predicted octanol–water partition coefficient (Wildman–Crippen LogP) is 2.28. The minimum absolute atomic E-state index is 0.0479. The molecule has 156 valence electrons. The summed E-state index contributed by atoms with van der Waals surface area (Å²) < 4.78 is 29.8. The summed E-state index contributed by atoms with van der Waals surface area (Å²) in [5.74, 6) is -0.0479. The largest absolute Gasteiger partial charge is 0.337 e. The summed E-state index contributed by atoms with van der Waals surface area (Å²) in [6, 6.07) is 6.93. The molecule has 2 aromatic rings. The number of nitrogens with one attached hydrogen (secondary N) is 1. The van der Waals surface area contributed by atoms with E-state index in [9.17, 15) is 13.2 Å². The Morgan fingerprint density at radius 2 is 1.72 bits per heavy atom. The van der Waals surface area contributed by atoms with Crippen LogP contribution in [0.1, 0.15) is 60.6 Å². The fourth-order valence-corrected chi connectivity index (χ4v) is 5.40. The van der Waals surface area contributed by atoms with Crippen LogP contribution >= 0.6 is 0 Å². The highest BCUT2D eigenvalue weighted by Gasteiger charge is 2.28. The zero-order valence-corrected chi connectivity index (χ0v) is 17.4. The van der Waals surface area contributed by atoms with Crippen LogP contribution in [0.15, 0.2) is 35.4 Å². The van der Waals surface area contributed by atoms with Crippen molar-refractivity contribution in [2.75, 3.05) is 13.1 Å². The molecule has 0 atom stereocenters. The first kappa shape index (κ1) is 20.0. The summed E-state index contributed by atoms with van der Waals surface area (Å²) >= 11 is 0. The Labute approximate surface area is 171 Å². The molecule has 1 aromatic heterocycles. The molecular weight excluding hydrogens is 390 g/mol. The van der Waals surface area contributed by atoms with Crippen molar-refractivity contribution in [2.45, 2.75) is 62.4 Å². The van der Waals surface area contributed by atoms with E-state index in [1.54, 1.807) is 35.1 Å². The van der Waals surface area contributed by atoms with E-state index in [1.807, 2.05) is 11.8 Å². The highest BCUT2D eigenvalue weighted by molar-refractivity contribution is 7.89. The second kappa shape index (κ2) is 8.23. The summed E-state index contributed by atoms with van der Waals surface area (Å²) in [6.45, 7) is 3.51. The molecule has 29 heavy (non-hydrogen) atoms. The summed E-state index contributed by atoms with van der Waals surface area (Å²) in [5, 5.41) is 8.24. The Kier molecular flexibility index (Phi) is 5.69. The van der Waals surface area contributed by atoms with Gasteiger partial charge in [-0.2, -0.15) is 0 Å². The normalized spacial score (nSPS) is 22.7. The van der Waals surface area contributed by atoms with Crippen LogP contribution in [0.25, 0.3) is 0 Å². The predicted molar refractivity (Wildman–Crippen MR) is 108 cm³/mol. The molecule has 2 fully saturated rings. The van der Waals surface area contributed by atoms with Gasteiger partial charge in [-0.15, -0.1) is 5.10 Å². The third-order valence-electron chi connectivity index (χ3n) is 5.85. The van der Waals surface area contributed by atoms with Crippen molar-refractivity contribution in [1.82, 2.24) is 24.6 Å². The molecule has 8 nitrogen and oxygen atoms in total. The van der Waals surface area contributed by atoms with Crippen LogP contribution in [-0.2, 0) is 10.0 Å². The number of nitrogens with zero attached hydrogens (tertiary/aromatic N) is 4. The first-order chi connectivity index (χ1) is 13.9. The molecule has 1 amide bonds. The number of hydrogen-bond donors (Lipinski definition) is 1. The Morgan fingerprint density at radius 3 is 2.38 bits per heavy atom. The summed E-state index contributed by atoms with van der Waals surface area (Å²) in [5.41, 5.74) is 1.42. The van der Waals surface area contributed by atoms with E-state index in [2.05, 4.69) is 15.0 Å². The van der Waals surface area contributed by atoms with Crippen LogP contribution in [0, 0.1) is 6.92 Å². The van der Waals surface area contributed by atoms with Crippen molar-refractivity contribution in [3.63, 3.8) is 0 Å². The van der Waals surface area contributed by atoms with E-state index in [-0.39, 0.29) is 18.0 Å². The maximum Gasteiger partial charge on any atom is 0.276 e. The van der Waals surface area contributed by atoms with Gasteiger partial charge < -0.3 is 4.90 Å². The number of aryl methyl sites for hydroxylation is 1. The Hall–Kier alpha value is -2.26. The summed E-state index contributed by atoms with van der Waals surface area (Å²) in [6.07, 6.45) is 6.87. The zero-order chi connectivity index (χ0) is 20.4. The van der Waals surface area contributed by atoms with E-state index < -0.39 is 10.0 Å². The molecule has 1 aromatic carbocycles. The highest BCUT2D eigenvalue weighted by Crippen LogP contribution is 2.29. The lowest BCUT2D eigenvalue weighted by Crippen LogP contribution is -2.38. The molecule has 0 bridgehead atoms. The van der Waals surface area contributed by atoms with Gasteiger partial charge in [0.15, 0.2) is 5.69 Å². The fourth-order valence-electron chi connectivity index (χ4n) is 4.10. The molecular formula is C20H27N5O3S. The molecule has 1 aliphatic heterocycles. The number of carbonyl (C=O) groups excluding carboxylic acids is 1. The minimum atomic E-state index is -3.51. The van der Waals surface area contributed by atoms with Crippen molar-refractivity contribution >= 4 is 15.9 Å². The third kappa shape index (κ3) is 4.51. The monoisotopic (exact) mass is 417 g/mol. The molecule has 1 saturated heterocycles. The van der Waals surface area contributed by atoms with E-state index in [4.69, 9.17) is 0 Å². The average molecular weight is 418 g/mol. The molecule has 2 heterocycles. The lowest BCUT2D eigenvalue weighted by molar-refractivity contribution is 0.0787. The fraction of sp³-hybridized carbons (Fsp3) is 0.550. The summed E-state index contributed by atoms with van der Waals surface area (Å²) in [4.78, 5) is 14.6. The van der Waals surface area contributed by atoms with E-state index >= 15 is 0 Å². The molecule has 0 spiro atoms. The third-order valence-corrected chi connectivity index (χ3v) is 7.38. The SMILES string of the molecule is Cc1ccc(S(=O)(=O)NC2CCC(n3cc(C(=O)N4CCCC4)nn3)CC2)cc1. The number of likely N-dealkylation sites (tertiary alicyclic amines) is 1. The average Bonchev–Trinajstić information content (AvgIpc) is 3.41. The van der Waals surface area contributed by atoms with Crippen molar-refractivity contribution < 1.29 is 13.2 Å². The Bertz CT molecular complexity index is 956. The van der Waals surface area contributed by atoms with Crippen LogP contribution in [0.4, 0.5) is 0 Å². The minimum Gasteiger partial charge on any atom is -0.337 e. The molecule has 9 heteroatoms. The van der Waals surface area contributed by atoms with Gasteiger partial charge in [-0.3, -0.25) is 4.79 Å². The van der Waals surface area contributed by atoms with E-state index in [0.717, 1.165) is 57.2 Å². The zero-order valence-electron chi connectivity index (χ0n) is 16.6. The van der Waals surface area contributed by atoms with Gasteiger partial charge in [-0.1, -0.05) is 22.9 Å². The van der Waals surface area contributed by atoms with E-state index in [0.29, 0.717) is 10.6 Å². The number of amides is 1. The lowest BCUT2D eigenvalue weighted by Gasteiger charge is -2.28. The van der Waals surface area contributed by atoms with Crippen LogP contribution in [-0.4, -0.2) is 53.4 Å². The standard InChI is InChI=1S/C20H27N5O3S/c1-15-4-10-18(11-5-15)29(27,28)22-16-6-8-17(9-7-16)25-14-19(21-23-25)20(26)24-12-2-3-13-24/h4-5,10-11,14,16-17,22H,2-3,6-9,12-13H2,1H3. The van der Waals surface area contributed by atoms with Gasteiger partial charge in [0.2, 0.25) is 10.0 Å². The summed E-state index contributed by atoms with van der Waals surface area (Å²) in [7, 11) is -3.51. The van der Waals surface area contributed by atoms with Crippen LogP contribution < -0.4 is 4.72 Å². The van der Waals surface area contributed by atoms with Gasteiger partial charge in [0.25, 0.3) is 5.91 Å². The first-order valence-corrected chi connectivity index (χ1v) is 11.7. The van der Waals surface area contributed by atoms with Crippen molar-refractivity contribution in [3.8, 4) is 0 Å². The van der Waals surface area contributed by atoms with Gasteiger partial charge in [-0.25, -0.2) is 17.8 Å². The number of benzene rings is 1. The number of rotatable bonds is 5. The van der Waals surface area contributed by atoms with Crippen LogP contribution in [0.2, 0.25) is 0 Å². The number of sulfonamides is 1. The van der Waals surface area contributed by atoms with Gasteiger partial charge in [0.05, 0.1) is 17.1 Å². The number of aromatic nitrogens is 3. The van der Waals surface area contributed by atoms with Crippen molar-refractivity contribution in [1.29, 1.82) is 0 Å². The second-order valence-electron chi connectivity index (χ2n) is 8.02. The second-order valence-corrected chi connectivity index (χ2v) is 9.74. The van der Waals surface area contributed by atoms with Crippen LogP contribution in [0.3, 0.4) is 0 Å². The topological polar surface area (TPSA) is 97.2 Å². The van der Waals surface area contributed by atoms with E-state index in [1.165, 1.54) is 0 Å². The Balaban J connectivity index is 1.34. The molecule has 0 unspecified atom stereocenters. The van der Waals surface area contributed by atoms with Gasteiger partial charge in [0.1, 0.15) is 0 Å². The molecule has 4 rings (SSSR count). The molecule has 2 aliphatic rings. The molecule has 1 saturated carbocycles. The maximum absolute atomic E-state index is 12.6. The Morgan fingerprint density at radius 1 is 1.07 bits per heavy atom. The highest BCUT2D eigenvalue weighted by atomic mass is 32.2. The van der Waals surface area contributed by atoms with Crippen LogP contribution in [0.5, 0.6) is 0 Å². The number of hydrogen-bond acceptors (Lipinski definition) is 5. The smallest absolute Gasteiger partial charge is 0.276 e. The van der Waals surface area contributed by atoms with Crippen molar-refractivity contribution in [2.24, 2.45) is 0 Å². The molecule has 0 radical (unpaired) electrons.